The Labute approximate surface area is 196 Å². The topological polar surface area (TPSA) is 114 Å². The molecule has 1 heterocycles. The van der Waals surface area contributed by atoms with Crippen molar-refractivity contribution in [2.75, 3.05) is 21.2 Å². The SMILES string of the molecule is COc1ccc(-n2c(/C=C/[NH+](C)C)c([N+](=O)[O-])c3ccc(OC(C)=O)c(COC(C)=O)c32)cc1. The van der Waals surface area contributed by atoms with E-state index in [0.717, 1.165) is 4.90 Å². The average molecular weight is 468 g/mol. The number of aromatic nitrogens is 1. The van der Waals surface area contributed by atoms with Crippen LogP contribution in [0.25, 0.3) is 22.7 Å². The molecule has 0 radical (unpaired) electrons. The van der Waals surface area contributed by atoms with Crippen molar-refractivity contribution in [1.82, 2.24) is 4.57 Å². The lowest BCUT2D eigenvalue weighted by atomic mass is 10.1. The molecule has 0 spiro atoms. The molecule has 3 rings (SSSR count). The van der Waals surface area contributed by atoms with E-state index in [1.807, 2.05) is 14.1 Å². The number of nitro groups is 1. The standard InChI is InChI=1S/C24H25N3O7/c1-15(28)33-14-20-22(34-16(2)29)11-10-19-23(20)26(17-6-8-18(32-5)9-7-17)21(12-13-25(3)4)24(19)27(30)31/h6-13H,14H2,1-5H3/p+1/b13-12+. The molecule has 178 valence electrons. The third-order valence-corrected chi connectivity index (χ3v) is 4.96. The number of nitrogens with one attached hydrogen (secondary N) is 1. The smallest absolute Gasteiger partial charge is 0.308 e. The Morgan fingerprint density at radius 2 is 1.76 bits per heavy atom. The summed E-state index contributed by atoms with van der Waals surface area (Å²) in [5.74, 6) is -0.349. The maximum Gasteiger partial charge on any atom is 0.308 e. The summed E-state index contributed by atoms with van der Waals surface area (Å²) in [7, 11) is 5.31. The maximum absolute atomic E-state index is 12.2. The fraction of sp³-hybridized carbons (Fsp3) is 0.250. The van der Waals surface area contributed by atoms with Crippen molar-refractivity contribution in [2.45, 2.75) is 20.5 Å². The van der Waals surface area contributed by atoms with Gasteiger partial charge < -0.3 is 23.7 Å². The summed E-state index contributed by atoms with van der Waals surface area (Å²) >= 11 is 0. The molecule has 0 unspecified atom stereocenters. The van der Waals surface area contributed by atoms with Crippen LogP contribution in [0.15, 0.2) is 42.6 Å². The van der Waals surface area contributed by atoms with Crippen molar-refractivity contribution in [3.05, 3.63) is 64.0 Å². The Morgan fingerprint density at radius 1 is 1.09 bits per heavy atom. The number of benzene rings is 2. The first-order valence-electron chi connectivity index (χ1n) is 10.4. The molecule has 3 aromatic rings. The van der Waals surface area contributed by atoms with Crippen LogP contribution in [0.3, 0.4) is 0 Å². The summed E-state index contributed by atoms with van der Waals surface area (Å²) < 4.78 is 17.5. The van der Waals surface area contributed by atoms with Gasteiger partial charge in [0.15, 0.2) is 0 Å². The van der Waals surface area contributed by atoms with Gasteiger partial charge in [-0.15, -0.1) is 0 Å². The Hall–Kier alpha value is -4.18. The molecular formula is C24H26N3O7+. The highest BCUT2D eigenvalue weighted by Gasteiger charge is 2.29. The van der Waals surface area contributed by atoms with Crippen LogP contribution in [-0.4, -0.2) is 42.6 Å². The lowest BCUT2D eigenvalue weighted by Crippen LogP contribution is -3.00. The van der Waals surface area contributed by atoms with E-state index in [9.17, 15) is 19.7 Å². The van der Waals surface area contributed by atoms with Crippen molar-refractivity contribution in [3.63, 3.8) is 0 Å². The Morgan fingerprint density at radius 3 is 2.29 bits per heavy atom. The minimum absolute atomic E-state index is 0.123. The summed E-state index contributed by atoms with van der Waals surface area (Å²) in [6.07, 6.45) is 3.44. The molecule has 1 N–H and O–H groups in total. The predicted molar refractivity (Wildman–Crippen MR) is 125 cm³/mol. The van der Waals surface area contributed by atoms with Gasteiger partial charge in [0.25, 0.3) is 0 Å². The highest BCUT2D eigenvalue weighted by atomic mass is 16.6. The Bertz CT molecular complexity index is 1270. The molecule has 1 aromatic heterocycles. The second-order valence-electron chi connectivity index (χ2n) is 7.75. The van der Waals surface area contributed by atoms with Crippen molar-refractivity contribution < 1.29 is 33.6 Å². The molecule has 0 amide bonds. The van der Waals surface area contributed by atoms with Gasteiger partial charge in [-0.1, -0.05) is 0 Å². The van der Waals surface area contributed by atoms with Crippen molar-refractivity contribution in [3.8, 4) is 17.2 Å². The number of ether oxygens (including phenoxy) is 3. The van der Waals surface area contributed by atoms with Crippen molar-refractivity contribution in [1.29, 1.82) is 0 Å². The number of quaternary nitrogens is 1. The van der Waals surface area contributed by atoms with E-state index in [4.69, 9.17) is 14.2 Å². The molecule has 2 aromatic carbocycles. The zero-order valence-electron chi connectivity index (χ0n) is 19.6. The molecule has 0 saturated carbocycles. The largest absolute Gasteiger partial charge is 0.497 e. The molecule has 34 heavy (non-hydrogen) atoms. The van der Waals surface area contributed by atoms with Gasteiger partial charge in [0.2, 0.25) is 0 Å². The molecule has 10 heteroatoms. The van der Waals surface area contributed by atoms with Crippen LogP contribution in [-0.2, 0) is 20.9 Å². The molecule has 0 bridgehead atoms. The first-order valence-corrected chi connectivity index (χ1v) is 10.4. The summed E-state index contributed by atoms with van der Waals surface area (Å²) in [6, 6.07) is 9.99. The lowest BCUT2D eigenvalue weighted by molar-refractivity contribution is -0.800. The fourth-order valence-corrected chi connectivity index (χ4v) is 3.58. The quantitative estimate of drug-likeness (QED) is 0.234. The highest BCUT2D eigenvalue weighted by molar-refractivity contribution is 5.99. The molecule has 0 aliphatic heterocycles. The number of carbonyl (C=O) groups is 2. The van der Waals surface area contributed by atoms with Crippen LogP contribution >= 0.6 is 0 Å². The van der Waals surface area contributed by atoms with Crippen LogP contribution in [0.2, 0.25) is 0 Å². The lowest BCUT2D eigenvalue weighted by Gasteiger charge is -2.15. The summed E-state index contributed by atoms with van der Waals surface area (Å²) in [6.45, 7) is 2.26. The van der Waals surface area contributed by atoms with Gasteiger partial charge in [0.1, 0.15) is 23.8 Å². The number of rotatable bonds is 8. The third-order valence-electron chi connectivity index (χ3n) is 4.96. The van der Waals surface area contributed by atoms with Crippen molar-refractivity contribution in [2.24, 2.45) is 0 Å². The number of fused-ring (bicyclic) bond motifs is 1. The van der Waals surface area contributed by atoms with Gasteiger partial charge in [-0.2, -0.15) is 0 Å². The number of esters is 2. The second kappa shape index (κ2) is 10.2. The highest BCUT2D eigenvalue weighted by Crippen LogP contribution is 2.41. The zero-order chi connectivity index (χ0) is 25.0. The van der Waals surface area contributed by atoms with Gasteiger partial charge in [-0.3, -0.25) is 19.7 Å². The average Bonchev–Trinajstić information content (AvgIpc) is 3.11. The first kappa shape index (κ1) is 24.5. The van der Waals surface area contributed by atoms with Crippen LogP contribution in [0.1, 0.15) is 25.1 Å². The number of methoxy groups -OCH3 is 1. The molecule has 10 nitrogen and oxygen atoms in total. The van der Waals surface area contributed by atoms with Crippen LogP contribution in [0.4, 0.5) is 5.69 Å². The molecule has 0 aliphatic rings. The van der Waals surface area contributed by atoms with Gasteiger partial charge >= 0.3 is 17.6 Å². The molecule has 0 fully saturated rings. The summed E-state index contributed by atoms with van der Waals surface area (Å²) in [5, 5.41) is 12.5. The molecule has 0 atom stereocenters. The van der Waals surface area contributed by atoms with Gasteiger partial charge in [0.05, 0.1) is 48.8 Å². The number of hydrogen-bond acceptors (Lipinski definition) is 7. The summed E-state index contributed by atoms with van der Waals surface area (Å²) in [5.41, 5.74) is 1.53. The molecule has 0 saturated heterocycles. The molecule has 0 aliphatic carbocycles. The number of nitrogens with zero attached hydrogens (tertiary/aromatic N) is 2. The predicted octanol–water partition coefficient (Wildman–Crippen LogP) is 2.65. The van der Waals surface area contributed by atoms with Crippen LogP contribution in [0, 0.1) is 10.1 Å². The Kier molecular flexibility index (Phi) is 7.32. The van der Waals surface area contributed by atoms with Crippen LogP contribution in [0.5, 0.6) is 11.5 Å². The van der Waals surface area contributed by atoms with E-state index >= 15 is 0 Å². The second-order valence-corrected chi connectivity index (χ2v) is 7.75. The fourth-order valence-electron chi connectivity index (χ4n) is 3.58. The molecular weight excluding hydrogens is 442 g/mol. The van der Waals surface area contributed by atoms with E-state index in [2.05, 4.69) is 0 Å². The number of carbonyl (C=O) groups excluding carboxylic acids is 2. The van der Waals surface area contributed by atoms with Crippen LogP contribution < -0.4 is 14.4 Å². The van der Waals surface area contributed by atoms with Gasteiger partial charge in [0, 0.05) is 25.6 Å². The number of hydrogen-bond donors (Lipinski definition) is 1. The Balaban J connectivity index is 2.49. The van der Waals surface area contributed by atoms with Crippen molar-refractivity contribution >= 4 is 34.6 Å². The van der Waals surface area contributed by atoms with E-state index < -0.39 is 16.9 Å². The van der Waals surface area contributed by atoms with E-state index in [1.54, 1.807) is 48.2 Å². The summed E-state index contributed by atoms with van der Waals surface area (Å²) in [4.78, 5) is 36.1. The van der Waals surface area contributed by atoms with Gasteiger partial charge in [-0.05, 0) is 36.4 Å². The third kappa shape index (κ3) is 5.07. The zero-order valence-corrected chi connectivity index (χ0v) is 19.6. The monoisotopic (exact) mass is 468 g/mol. The van der Waals surface area contributed by atoms with E-state index in [1.165, 1.54) is 26.0 Å². The normalized spacial score (nSPS) is 11.2. The van der Waals surface area contributed by atoms with Gasteiger partial charge in [-0.25, -0.2) is 0 Å². The van der Waals surface area contributed by atoms with E-state index in [-0.39, 0.29) is 18.0 Å². The minimum atomic E-state index is -0.572. The maximum atomic E-state index is 12.2. The van der Waals surface area contributed by atoms with E-state index in [0.29, 0.717) is 33.6 Å². The minimum Gasteiger partial charge on any atom is -0.497 e. The first-order chi connectivity index (χ1) is 16.1.